The fraction of sp³-hybridized carbons (Fsp3) is 0.478. The van der Waals surface area contributed by atoms with Crippen LogP contribution >= 0.6 is 23.2 Å². The van der Waals surface area contributed by atoms with Gasteiger partial charge in [-0.25, -0.2) is 4.39 Å². The Balaban J connectivity index is 1.92. The van der Waals surface area contributed by atoms with Crippen LogP contribution in [0.2, 0.25) is 10.0 Å². The maximum absolute atomic E-state index is 13.2. The molecular weight excluding hydrogens is 428 g/mol. The van der Waals surface area contributed by atoms with Crippen molar-refractivity contribution in [3.8, 4) is 11.5 Å². The summed E-state index contributed by atoms with van der Waals surface area (Å²) in [7, 11) is 0. The van der Waals surface area contributed by atoms with Crippen LogP contribution in [0.25, 0.3) is 0 Å². The molecule has 0 aliphatic rings. The van der Waals surface area contributed by atoms with E-state index in [1.165, 1.54) is 12.1 Å². The Morgan fingerprint density at radius 1 is 0.900 bits per heavy atom. The first kappa shape index (κ1) is 24.7. The van der Waals surface area contributed by atoms with Crippen molar-refractivity contribution in [3.05, 3.63) is 57.3 Å². The Bertz CT molecular complexity index is 789. The fourth-order valence-electron chi connectivity index (χ4n) is 2.76. The van der Waals surface area contributed by atoms with Gasteiger partial charge in [-0.1, -0.05) is 42.6 Å². The molecule has 0 radical (unpaired) electrons. The number of rotatable bonds is 14. The van der Waals surface area contributed by atoms with Crippen LogP contribution < -0.4 is 14.8 Å². The average Bonchev–Trinajstić information content (AvgIpc) is 2.72. The van der Waals surface area contributed by atoms with Gasteiger partial charge in [-0.2, -0.15) is 0 Å². The van der Waals surface area contributed by atoms with Crippen LogP contribution in [0.3, 0.4) is 0 Å². The third-order valence-electron chi connectivity index (χ3n) is 4.41. The Hall–Kier alpha value is -1.53. The van der Waals surface area contributed by atoms with Gasteiger partial charge in [0, 0.05) is 36.4 Å². The summed E-state index contributed by atoms with van der Waals surface area (Å²) in [5.74, 6) is 0.751. The van der Waals surface area contributed by atoms with Crippen molar-refractivity contribution < 1.29 is 18.6 Å². The normalized spacial score (nSPS) is 11.0. The molecule has 0 aliphatic heterocycles. The van der Waals surface area contributed by atoms with Crippen LogP contribution in [0.1, 0.15) is 44.2 Å². The molecule has 0 unspecified atom stereocenters. The lowest BCUT2D eigenvalue weighted by Crippen LogP contribution is -2.17. The molecule has 0 heterocycles. The molecule has 30 heavy (non-hydrogen) atoms. The Morgan fingerprint density at radius 3 is 2.37 bits per heavy atom. The Morgan fingerprint density at radius 2 is 1.63 bits per heavy atom. The van der Waals surface area contributed by atoms with Crippen LogP contribution in [-0.4, -0.2) is 26.4 Å². The predicted molar refractivity (Wildman–Crippen MR) is 120 cm³/mol. The molecule has 2 aromatic rings. The van der Waals surface area contributed by atoms with Crippen LogP contribution in [0, 0.1) is 5.82 Å². The predicted octanol–water partition coefficient (Wildman–Crippen LogP) is 6.41. The van der Waals surface area contributed by atoms with E-state index in [-0.39, 0.29) is 12.4 Å². The van der Waals surface area contributed by atoms with Gasteiger partial charge in [-0.15, -0.1) is 0 Å². The van der Waals surface area contributed by atoms with Gasteiger partial charge in [0.25, 0.3) is 0 Å². The summed E-state index contributed by atoms with van der Waals surface area (Å²) in [5, 5.41) is 4.29. The van der Waals surface area contributed by atoms with Gasteiger partial charge in [-0.05, 0) is 50.1 Å². The van der Waals surface area contributed by atoms with Crippen molar-refractivity contribution >= 4 is 23.2 Å². The van der Waals surface area contributed by atoms with Gasteiger partial charge in [0.15, 0.2) is 11.5 Å². The van der Waals surface area contributed by atoms with Gasteiger partial charge < -0.3 is 19.5 Å². The van der Waals surface area contributed by atoms with E-state index in [0.29, 0.717) is 40.3 Å². The van der Waals surface area contributed by atoms with Crippen molar-refractivity contribution in [2.24, 2.45) is 0 Å². The molecule has 0 aromatic heterocycles. The van der Waals surface area contributed by atoms with Crippen LogP contribution in [-0.2, 0) is 17.9 Å². The molecule has 2 rings (SSSR count). The van der Waals surface area contributed by atoms with Crippen LogP contribution in [0.15, 0.2) is 30.3 Å². The minimum atomic E-state index is -0.383. The molecule has 4 nitrogen and oxygen atoms in total. The van der Waals surface area contributed by atoms with Gasteiger partial charge in [-0.3, -0.25) is 0 Å². The smallest absolute Gasteiger partial charge is 0.163 e. The molecule has 0 bridgehead atoms. The quantitative estimate of drug-likeness (QED) is 0.332. The third kappa shape index (κ3) is 8.31. The molecule has 7 heteroatoms. The van der Waals surface area contributed by atoms with Gasteiger partial charge in [0.2, 0.25) is 0 Å². The van der Waals surface area contributed by atoms with Gasteiger partial charge in [0.1, 0.15) is 12.4 Å². The lowest BCUT2D eigenvalue weighted by Gasteiger charge is -2.16. The summed E-state index contributed by atoms with van der Waals surface area (Å²) < 4.78 is 30.4. The van der Waals surface area contributed by atoms with E-state index in [2.05, 4.69) is 12.2 Å². The first-order valence-corrected chi connectivity index (χ1v) is 11.1. The molecule has 0 spiro atoms. The Kier molecular flexibility index (Phi) is 11.3. The van der Waals surface area contributed by atoms with E-state index in [4.69, 9.17) is 37.4 Å². The van der Waals surface area contributed by atoms with Crippen molar-refractivity contribution in [2.75, 3.05) is 26.4 Å². The zero-order valence-electron chi connectivity index (χ0n) is 17.6. The van der Waals surface area contributed by atoms with E-state index in [1.807, 2.05) is 13.0 Å². The number of hydrogen-bond acceptors (Lipinski definition) is 4. The van der Waals surface area contributed by atoms with E-state index < -0.39 is 0 Å². The van der Waals surface area contributed by atoms with Gasteiger partial charge >= 0.3 is 0 Å². The minimum absolute atomic E-state index is 0.186. The van der Waals surface area contributed by atoms with Crippen LogP contribution in [0.5, 0.6) is 11.5 Å². The second-order valence-corrected chi connectivity index (χ2v) is 7.66. The van der Waals surface area contributed by atoms with Crippen LogP contribution in [0.4, 0.5) is 4.39 Å². The maximum atomic E-state index is 13.2. The molecule has 0 saturated heterocycles. The van der Waals surface area contributed by atoms with Crippen molar-refractivity contribution in [2.45, 2.75) is 46.3 Å². The third-order valence-corrected chi connectivity index (χ3v) is 5.11. The lowest BCUT2D eigenvalue weighted by atomic mass is 10.2. The number of unbranched alkanes of at least 4 members (excludes halogenated alkanes) is 1. The van der Waals surface area contributed by atoms with E-state index in [9.17, 15) is 4.39 Å². The summed E-state index contributed by atoms with van der Waals surface area (Å²) >= 11 is 12.5. The highest BCUT2D eigenvalue weighted by atomic mass is 35.5. The molecular formula is C23H30Cl2FNO3. The summed E-state index contributed by atoms with van der Waals surface area (Å²) in [4.78, 5) is 0. The topological polar surface area (TPSA) is 39.7 Å². The van der Waals surface area contributed by atoms with Crippen molar-refractivity contribution in [3.63, 3.8) is 0 Å². The summed E-state index contributed by atoms with van der Waals surface area (Å²) in [6, 6.07) is 7.85. The monoisotopic (exact) mass is 457 g/mol. The zero-order valence-corrected chi connectivity index (χ0v) is 19.1. The Labute approximate surface area is 188 Å². The van der Waals surface area contributed by atoms with Crippen molar-refractivity contribution in [1.82, 2.24) is 5.32 Å². The number of halogens is 3. The molecule has 0 saturated carbocycles. The summed E-state index contributed by atoms with van der Waals surface area (Å²) in [6.45, 7) is 7.79. The summed E-state index contributed by atoms with van der Waals surface area (Å²) in [6.07, 6.45) is 3.19. The fourth-order valence-corrected chi connectivity index (χ4v) is 3.20. The molecule has 0 fully saturated rings. The lowest BCUT2D eigenvalue weighted by molar-refractivity contribution is 0.129. The first-order valence-electron chi connectivity index (χ1n) is 10.4. The maximum Gasteiger partial charge on any atom is 0.163 e. The van der Waals surface area contributed by atoms with E-state index in [1.54, 1.807) is 12.1 Å². The molecule has 0 atom stereocenters. The second kappa shape index (κ2) is 13.7. The standard InChI is InChI=1S/C23H30Cl2FNO3/c1-3-5-10-28-11-6-9-27-15-18-12-22(29-4-2)23(14-21(18)25)30-16-17-7-8-19(26)13-20(17)24/h7-8,12-14,27H,3-6,9-11,15-16H2,1-2H3. The first-order chi connectivity index (χ1) is 14.5. The average molecular weight is 458 g/mol. The minimum Gasteiger partial charge on any atom is -0.490 e. The highest BCUT2D eigenvalue weighted by Gasteiger charge is 2.12. The SMILES string of the molecule is CCCCOCCCNCc1cc(OCC)c(OCc2ccc(F)cc2Cl)cc1Cl. The number of nitrogens with one attached hydrogen (secondary N) is 1. The molecule has 2 aromatic carbocycles. The van der Waals surface area contributed by atoms with E-state index >= 15 is 0 Å². The number of hydrogen-bond donors (Lipinski definition) is 1. The summed E-state index contributed by atoms with van der Waals surface area (Å²) in [5.41, 5.74) is 1.61. The second-order valence-electron chi connectivity index (χ2n) is 6.84. The molecule has 1 N–H and O–H groups in total. The largest absolute Gasteiger partial charge is 0.490 e. The molecule has 166 valence electrons. The number of benzene rings is 2. The zero-order chi connectivity index (χ0) is 21.8. The highest BCUT2D eigenvalue weighted by molar-refractivity contribution is 6.31. The van der Waals surface area contributed by atoms with E-state index in [0.717, 1.165) is 44.6 Å². The number of ether oxygens (including phenoxy) is 3. The van der Waals surface area contributed by atoms with Crippen molar-refractivity contribution in [1.29, 1.82) is 0 Å². The molecule has 0 amide bonds. The molecule has 0 aliphatic carbocycles. The highest BCUT2D eigenvalue weighted by Crippen LogP contribution is 2.34. The van der Waals surface area contributed by atoms with Gasteiger partial charge in [0.05, 0.1) is 11.6 Å².